The Hall–Kier alpha value is -2.82. The van der Waals surface area contributed by atoms with Gasteiger partial charge >= 0.3 is 6.03 Å². The second-order valence-electron chi connectivity index (χ2n) is 4.77. The van der Waals surface area contributed by atoms with E-state index in [4.69, 9.17) is 5.73 Å². The van der Waals surface area contributed by atoms with Gasteiger partial charge in [0.2, 0.25) is 5.91 Å². The van der Waals surface area contributed by atoms with Crippen molar-refractivity contribution in [3.05, 3.63) is 59.2 Å². The molecule has 0 bridgehead atoms. The van der Waals surface area contributed by atoms with Crippen LogP contribution in [0.5, 0.6) is 0 Å². The number of aryl methyl sites for hydroxylation is 1. The largest absolute Gasteiger partial charge is 0.366 e. The zero-order valence-corrected chi connectivity index (χ0v) is 11.9. The molecule has 0 saturated heterocycles. The smallest absolute Gasteiger partial charge is 0.323 e. The van der Waals surface area contributed by atoms with Crippen LogP contribution in [0.3, 0.4) is 0 Å². The number of urea groups is 1. The van der Waals surface area contributed by atoms with Gasteiger partial charge in [-0.2, -0.15) is 0 Å². The summed E-state index contributed by atoms with van der Waals surface area (Å²) in [6.45, 7) is 3.94. The molecule has 2 rings (SSSR count). The topological polar surface area (TPSA) is 84.2 Å². The van der Waals surface area contributed by atoms with Gasteiger partial charge < -0.3 is 16.4 Å². The van der Waals surface area contributed by atoms with E-state index in [0.29, 0.717) is 11.3 Å². The Balaban J connectivity index is 2.04. The maximum Gasteiger partial charge on any atom is 0.323 e. The zero-order valence-electron chi connectivity index (χ0n) is 11.9. The average Bonchev–Trinajstić information content (AvgIpc) is 2.44. The molecule has 0 aliphatic carbocycles. The molecule has 0 fully saturated rings. The number of carbonyl (C=O) groups is 2. The van der Waals surface area contributed by atoms with Crippen LogP contribution in [0, 0.1) is 13.8 Å². The fourth-order valence-electron chi connectivity index (χ4n) is 1.89. The third kappa shape index (κ3) is 3.60. The highest BCUT2D eigenvalue weighted by molar-refractivity contribution is 6.00. The van der Waals surface area contributed by atoms with Gasteiger partial charge in [-0.15, -0.1) is 0 Å². The third-order valence-electron chi connectivity index (χ3n) is 3.28. The molecule has 0 aliphatic rings. The summed E-state index contributed by atoms with van der Waals surface area (Å²) in [5, 5.41) is 5.50. The highest BCUT2D eigenvalue weighted by atomic mass is 16.2. The first kappa shape index (κ1) is 14.6. The lowest BCUT2D eigenvalue weighted by Crippen LogP contribution is -2.20. The Morgan fingerprint density at radius 1 is 0.952 bits per heavy atom. The number of nitrogens with one attached hydrogen (secondary N) is 2. The van der Waals surface area contributed by atoms with E-state index in [2.05, 4.69) is 10.6 Å². The van der Waals surface area contributed by atoms with Crippen molar-refractivity contribution in [1.29, 1.82) is 0 Å². The lowest BCUT2D eigenvalue weighted by atomic mass is 10.1. The summed E-state index contributed by atoms with van der Waals surface area (Å²) in [5.74, 6) is -0.499. The number of nitrogens with two attached hydrogens (primary N) is 1. The van der Waals surface area contributed by atoms with Crippen molar-refractivity contribution in [1.82, 2.24) is 0 Å². The van der Waals surface area contributed by atoms with Crippen LogP contribution in [-0.2, 0) is 0 Å². The van der Waals surface area contributed by atoms with E-state index in [1.807, 2.05) is 32.0 Å². The normalized spacial score (nSPS) is 10.0. The van der Waals surface area contributed by atoms with E-state index in [1.54, 1.807) is 24.3 Å². The van der Waals surface area contributed by atoms with Crippen LogP contribution >= 0.6 is 0 Å². The van der Waals surface area contributed by atoms with Crippen molar-refractivity contribution in [2.45, 2.75) is 13.8 Å². The van der Waals surface area contributed by atoms with E-state index < -0.39 is 5.91 Å². The van der Waals surface area contributed by atoms with Crippen molar-refractivity contribution in [2.75, 3.05) is 10.6 Å². The number of primary amides is 1. The van der Waals surface area contributed by atoms with Gasteiger partial charge in [0, 0.05) is 16.9 Å². The second kappa shape index (κ2) is 6.09. The molecule has 5 nitrogen and oxygen atoms in total. The third-order valence-corrected chi connectivity index (χ3v) is 3.28. The average molecular weight is 283 g/mol. The van der Waals surface area contributed by atoms with Gasteiger partial charge in [0.25, 0.3) is 0 Å². The van der Waals surface area contributed by atoms with E-state index >= 15 is 0 Å². The Morgan fingerprint density at radius 3 is 2.24 bits per heavy atom. The molecule has 0 atom stereocenters. The number of hydrogen-bond donors (Lipinski definition) is 3. The summed E-state index contributed by atoms with van der Waals surface area (Å²) >= 11 is 0. The van der Waals surface area contributed by atoms with Crippen LogP contribution in [0.1, 0.15) is 21.5 Å². The van der Waals surface area contributed by atoms with Gasteiger partial charge in [-0.25, -0.2) is 4.79 Å². The minimum Gasteiger partial charge on any atom is -0.366 e. The molecular formula is C16H17N3O2. The van der Waals surface area contributed by atoms with Crippen LogP contribution < -0.4 is 16.4 Å². The lowest BCUT2D eigenvalue weighted by molar-refractivity contribution is 0.100. The van der Waals surface area contributed by atoms with Crippen LogP contribution in [-0.4, -0.2) is 11.9 Å². The summed E-state index contributed by atoms with van der Waals surface area (Å²) in [7, 11) is 0. The molecule has 0 heterocycles. The predicted molar refractivity (Wildman–Crippen MR) is 83.5 cm³/mol. The lowest BCUT2D eigenvalue weighted by Gasteiger charge is -2.11. The van der Waals surface area contributed by atoms with Crippen molar-refractivity contribution in [2.24, 2.45) is 5.73 Å². The molecule has 2 aromatic carbocycles. The number of hydrogen-bond acceptors (Lipinski definition) is 2. The van der Waals surface area contributed by atoms with Crippen LogP contribution in [0.2, 0.25) is 0 Å². The zero-order chi connectivity index (χ0) is 15.4. The summed E-state index contributed by atoms with van der Waals surface area (Å²) < 4.78 is 0. The fraction of sp³-hybridized carbons (Fsp3) is 0.125. The van der Waals surface area contributed by atoms with Crippen LogP contribution in [0.15, 0.2) is 42.5 Å². The van der Waals surface area contributed by atoms with Gasteiger partial charge in [0.05, 0.1) is 0 Å². The Bertz CT molecular complexity index is 678. The standard InChI is InChI=1S/C16H17N3O2/c1-10-4-3-5-14(11(10)2)19-16(21)18-13-8-6-12(7-9-13)15(17)20/h3-9H,1-2H3,(H2,17,20)(H2,18,19,21). The molecule has 3 amide bonds. The van der Waals surface area contributed by atoms with Crippen molar-refractivity contribution >= 4 is 23.3 Å². The first-order valence-corrected chi connectivity index (χ1v) is 6.51. The molecule has 0 unspecified atom stereocenters. The molecule has 0 aliphatic heterocycles. The van der Waals surface area contributed by atoms with E-state index in [9.17, 15) is 9.59 Å². The summed E-state index contributed by atoms with van der Waals surface area (Å²) in [6.07, 6.45) is 0. The number of rotatable bonds is 3. The Labute approximate surface area is 123 Å². The summed E-state index contributed by atoms with van der Waals surface area (Å²) in [6, 6.07) is 11.8. The van der Waals surface area contributed by atoms with Gasteiger partial charge in [-0.1, -0.05) is 12.1 Å². The SMILES string of the molecule is Cc1cccc(NC(=O)Nc2ccc(C(N)=O)cc2)c1C. The molecular weight excluding hydrogens is 266 g/mol. The van der Waals surface area contributed by atoms with Crippen molar-refractivity contribution < 1.29 is 9.59 Å². The molecule has 5 heteroatoms. The number of amides is 3. The van der Waals surface area contributed by atoms with Gasteiger partial charge in [0.1, 0.15) is 0 Å². The maximum absolute atomic E-state index is 12.0. The molecule has 108 valence electrons. The van der Waals surface area contributed by atoms with Crippen LogP contribution in [0.25, 0.3) is 0 Å². The molecule has 21 heavy (non-hydrogen) atoms. The first-order valence-electron chi connectivity index (χ1n) is 6.51. The Morgan fingerprint density at radius 2 is 1.62 bits per heavy atom. The van der Waals surface area contributed by atoms with Gasteiger partial charge in [-0.05, 0) is 55.3 Å². The monoisotopic (exact) mass is 283 g/mol. The second-order valence-corrected chi connectivity index (χ2v) is 4.77. The van der Waals surface area contributed by atoms with E-state index in [0.717, 1.165) is 16.8 Å². The van der Waals surface area contributed by atoms with Gasteiger partial charge in [-0.3, -0.25) is 4.79 Å². The summed E-state index contributed by atoms with van der Waals surface area (Å²) in [4.78, 5) is 22.9. The first-order chi connectivity index (χ1) is 9.97. The minimum absolute atomic E-state index is 0.337. The molecule has 0 aromatic heterocycles. The van der Waals surface area contributed by atoms with Gasteiger partial charge in [0.15, 0.2) is 0 Å². The molecule has 2 aromatic rings. The highest BCUT2D eigenvalue weighted by Gasteiger charge is 2.06. The number of carbonyl (C=O) groups excluding carboxylic acids is 2. The van der Waals surface area contributed by atoms with Crippen molar-refractivity contribution in [3.8, 4) is 0 Å². The molecule has 0 saturated carbocycles. The number of anilines is 2. The van der Waals surface area contributed by atoms with E-state index in [1.165, 1.54) is 0 Å². The minimum atomic E-state index is -0.499. The fourth-order valence-corrected chi connectivity index (χ4v) is 1.89. The maximum atomic E-state index is 12.0. The predicted octanol–water partition coefficient (Wildman–Crippen LogP) is 3.05. The van der Waals surface area contributed by atoms with E-state index in [-0.39, 0.29) is 6.03 Å². The quantitative estimate of drug-likeness (QED) is 0.808. The molecule has 0 radical (unpaired) electrons. The molecule has 0 spiro atoms. The van der Waals surface area contributed by atoms with Crippen molar-refractivity contribution in [3.63, 3.8) is 0 Å². The highest BCUT2D eigenvalue weighted by Crippen LogP contribution is 2.18. The Kier molecular flexibility index (Phi) is 4.23. The molecule has 4 N–H and O–H groups in total. The van der Waals surface area contributed by atoms with Crippen LogP contribution in [0.4, 0.5) is 16.2 Å². The number of benzene rings is 2. The summed E-state index contributed by atoms with van der Waals surface area (Å²) in [5.41, 5.74) is 9.04.